The van der Waals surface area contributed by atoms with Crippen LogP contribution in [0.5, 0.6) is 0 Å². The van der Waals surface area contributed by atoms with Gasteiger partial charge in [0.25, 0.3) is 0 Å². The number of hydrogen-bond donors (Lipinski definition) is 8. The van der Waals surface area contributed by atoms with Gasteiger partial charge in [0, 0.05) is 0 Å². The SMILES string of the molecule is CCCCCCCCCCCCCC/C=C\CCCCCCCCCCCCC(O)C(=O)NC(COC1OC(CO)C(O)C(O)C1O)C(O)C(O)CCCCCCCCCCCCCCCCCCCCCCC. The molecule has 1 aliphatic rings. The van der Waals surface area contributed by atoms with Crippen molar-refractivity contribution in [1.29, 1.82) is 0 Å². The molecule has 0 aliphatic carbocycles. The fourth-order valence-corrected chi connectivity index (χ4v) is 10.6. The first kappa shape index (κ1) is 70.9. The summed E-state index contributed by atoms with van der Waals surface area (Å²) in [5.41, 5.74) is 0. The molecule has 1 heterocycles. The van der Waals surface area contributed by atoms with Crippen molar-refractivity contribution < 1.29 is 50.0 Å². The van der Waals surface area contributed by atoms with Crippen molar-refractivity contribution in [3.63, 3.8) is 0 Å². The Labute approximate surface area is 455 Å². The van der Waals surface area contributed by atoms with Gasteiger partial charge in [-0.1, -0.05) is 289 Å². The maximum absolute atomic E-state index is 13.2. The van der Waals surface area contributed by atoms with E-state index in [1.54, 1.807) is 0 Å². The van der Waals surface area contributed by atoms with Crippen LogP contribution in [0, 0.1) is 0 Å². The number of unbranched alkanes of at least 4 members (excludes halogenated alkanes) is 42. The van der Waals surface area contributed by atoms with Crippen LogP contribution in [0.2, 0.25) is 0 Å². The average Bonchev–Trinajstić information content (AvgIpc) is 3.40. The zero-order chi connectivity index (χ0) is 54.0. The third kappa shape index (κ3) is 40.1. The van der Waals surface area contributed by atoms with E-state index < -0.39 is 74.2 Å². The van der Waals surface area contributed by atoms with Gasteiger partial charge in [0.1, 0.15) is 36.6 Å². The number of aliphatic hydroxyl groups excluding tert-OH is 7. The predicted octanol–water partition coefficient (Wildman–Crippen LogP) is 14.3. The van der Waals surface area contributed by atoms with Gasteiger partial charge in [-0.05, 0) is 38.5 Å². The normalized spacial score (nSPS) is 19.8. The number of carbonyl (C=O) groups excluding carboxylic acids is 1. The average molecular weight is 1050 g/mol. The summed E-state index contributed by atoms with van der Waals surface area (Å²) in [6.07, 6.45) is 51.3. The van der Waals surface area contributed by atoms with Crippen molar-refractivity contribution in [2.75, 3.05) is 13.2 Å². The van der Waals surface area contributed by atoms with Crippen molar-refractivity contribution in [3.8, 4) is 0 Å². The highest BCUT2D eigenvalue weighted by Gasteiger charge is 2.44. The Bertz CT molecular complexity index is 1210. The number of nitrogens with one attached hydrogen (secondary N) is 1. The van der Waals surface area contributed by atoms with Gasteiger partial charge in [0.15, 0.2) is 6.29 Å². The van der Waals surface area contributed by atoms with Crippen molar-refractivity contribution >= 4 is 5.91 Å². The molecule has 1 aliphatic heterocycles. The van der Waals surface area contributed by atoms with Crippen LogP contribution in [-0.4, -0.2) is 110 Å². The number of ether oxygens (including phenoxy) is 2. The van der Waals surface area contributed by atoms with E-state index in [1.807, 2.05) is 0 Å². The van der Waals surface area contributed by atoms with Crippen LogP contribution in [0.1, 0.15) is 316 Å². The minimum absolute atomic E-state index is 0.262. The summed E-state index contributed by atoms with van der Waals surface area (Å²) in [6, 6.07) is -1.17. The van der Waals surface area contributed by atoms with Crippen LogP contribution in [0.25, 0.3) is 0 Å². The van der Waals surface area contributed by atoms with Crippen molar-refractivity contribution in [2.45, 2.75) is 371 Å². The zero-order valence-electron chi connectivity index (χ0n) is 48.4. The lowest BCUT2D eigenvalue weighted by molar-refractivity contribution is -0.303. The summed E-state index contributed by atoms with van der Waals surface area (Å²) in [7, 11) is 0. The molecule has 9 atom stereocenters. The lowest BCUT2D eigenvalue weighted by Gasteiger charge is -2.40. The first-order valence-electron chi connectivity index (χ1n) is 32.1. The van der Waals surface area contributed by atoms with E-state index in [9.17, 15) is 40.5 Å². The number of allylic oxidation sites excluding steroid dienone is 2. The summed E-state index contributed by atoms with van der Waals surface area (Å²) < 4.78 is 11.2. The first-order valence-corrected chi connectivity index (χ1v) is 32.1. The molecule has 8 N–H and O–H groups in total. The molecule has 1 amide bonds. The molecule has 9 unspecified atom stereocenters. The Morgan fingerprint density at radius 3 is 1.14 bits per heavy atom. The Morgan fingerprint density at radius 1 is 0.459 bits per heavy atom. The minimum Gasteiger partial charge on any atom is -0.394 e. The molecule has 0 aromatic rings. The standard InChI is InChI=1S/C63H123NO10/c1-3-5-7-9-11-13-15-17-19-21-23-25-26-27-28-29-31-33-35-37-39-41-43-45-47-49-51-56(67)62(72)64-54(53-73-63-61(71)60(70)59(69)57(52-65)74-63)58(68)55(66)50-48-46-44-42-40-38-36-34-32-30-24-22-20-18-16-14-12-10-8-6-4-2/h27-28,54-61,63,65-71H,3-26,29-53H2,1-2H3,(H,64,72)/b28-27-. The highest BCUT2D eigenvalue weighted by Crippen LogP contribution is 2.24. The molecule has 0 aromatic carbocycles. The van der Waals surface area contributed by atoms with Crippen molar-refractivity contribution in [2.24, 2.45) is 0 Å². The predicted molar refractivity (Wildman–Crippen MR) is 307 cm³/mol. The van der Waals surface area contributed by atoms with Crippen molar-refractivity contribution in [3.05, 3.63) is 12.2 Å². The maximum Gasteiger partial charge on any atom is 0.249 e. The smallest absolute Gasteiger partial charge is 0.249 e. The molecular formula is C63H123NO10. The van der Waals surface area contributed by atoms with Crippen LogP contribution in [-0.2, 0) is 14.3 Å². The summed E-state index contributed by atoms with van der Waals surface area (Å²) in [5.74, 6) is -0.692. The lowest BCUT2D eigenvalue weighted by Crippen LogP contribution is -2.60. The molecule has 11 heteroatoms. The minimum atomic E-state index is -1.66. The van der Waals surface area contributed by atoms with E-state index in [1.165, 1.54) is 238 Å². The number of amides is 1. The number of hydrogen-bond acceptors (Lipinski definition) is 10. The van der Waals surface area contributed by atoms with Crippen LogP contribution >= 0.6 is 0 Å². The summed E-state index contributed by atoms with van der Waals surface area (Å²) in [4.78, 5) is 13.2. The van der Waals surface area contributed by atoms with E-state index in [4.69, 9.17) is 9.47 Å². The Morgan fingerprint density at radius 2 is 0.784 bits per heavy atom. The first-order chi connectivity index (χ1) is 36.2. The molecule has 0 spiro atoms. The number of aliphatic hydroxyl groups is 7. The van der Waals surface area contributed by atoms with Crippen LogP contribution < -0.4 is 5.32 Å². The van der Waals surface area contributed by atoms with Crippen LogP contribution in [0.3, 0.4) is 0 Å². The van der Waals surface area contributed by atoms with E-state index in [0.717, 1.165) is 38.5 Å². The highest BCUT2D eigenvalue weighted by atomic mass is 16.7. The number of carbonyl (C=O) groups is 1. The van der Waals surface area contributed by atoms with Gasteiger partial charge in [0.05, 0.1) is 25.4 Å². The second-order valence-corrected chi connectivity index (χ2v) is 22.8. The molecule has 11 nitrogen and oxygen atoms in total. The molecule has 0 saturated carbocycles. The Hall–Kier alpha value is -1.15. The third-order valence-corrected chi connectivity index (χ3v) is 15.8. The molecule has 0 aromatic heterocycles. The quantitative estimate of drug-likeness (QED) is 0.0215. The van der Waals surface area contributed by atoms with E-state index >= 15 is 0 Å². The van der Waals surface area contributed by atoms with Gasteiger partial charge < -0.3 is 50.5 Å². The molecule has 74 heavy (non-hydrogen) atoms. The molecule has 0 radical (unpaired) electrons. The van der Waals surface area contributed by atoms with Gasteiger partial charge in [-0.25, -0.2) is 0 Å². The second-order valence-electron chi connectivity index (χ2n) is 22.8. The highest BCUT2D eigenvalue weighted by molar-refractivity contribution is 5.80. The summed E-state index contributed by atoms with van der Waals surface area (Å²) in [5, 5.41) is 76.4. The van der Waals surface area contributed by atoms with Crippen LogP contribution in [0.15, 0.2) is 12.2 Å². The van der Waals surface area contributed by atoms with Gasteiger partial charge in [0.2, 0.25) is 5.91 Å². The lowest BCUT2D eigenvalue weighted by atomic mass is 9.98. The van der Waals surface area contributed by atoms with Gasteiger partial charge in [-0.3, -0.25) is 4.79 Å². The number of rotatable bonds is 56. The van der Waals surface area contributed by atoms with Gasteiger partial charge in [-0.2, -0.15) is 0 Å². The maximum atomic E-state index is 13.2. The van der Waals surface area contributed by atoms with Crippen molar-refractivity contribution in [1.82, 2.24) is 5.32 Å². The monoisotopic (exact) mass is 1050 g/mol. The Balaban J connectivity index is 2.25. The van der Waals surface area contributed by atoms with E-state index in [-0.39, 0.29) is 6.42 Å². The fourth-order valence-electron chi connectivity index (χ4n) is 10.6. The molecule has 1 rings (SSSR count). The third-order valence-electron chi connectivity index (χ3n) is 15.8. The van der Waals surface area contributed by atoms with Gasteiger partial charge >= 0.3 is 0 Å². The zero-order valence-corrected chi connectivity index (χ0v) is 48.4. The van der Waals surface area contributed by atoms with Gasteiger partial charge in [-0.15, -0.1) is 0 Å². The molecule has 1 saturated heterocycles. The molecule has 440 valence electrons. The largest absolute Gasteiger partial charge is 0.394 e. The fraction of sp³-hybridized carbons (Fsp3) is 0.952. The van der Waals surface area contributed by atoms with Crippen LogP contribution in [0.4, 0.5) is 0 Å². The summed E-state index contributed by atoms with van der Waals surface area (Å²) >= 11 is 0. The molecule has 0 bridgehead atoms. The summed E-state index contributed by atoms with van der Waals surface area (Å²) in [6.45, 7) is 3.51. The topological polar surface area (TPSA) is 189 Å². The Kier molecular flexibility index (Phi) is 50.3. The molecule has 1 fully saturated rings. The molecular weight excluding hydrogens is 931 g/mol. The van der Waals surface area contributed by atoms with E-state index in [2.05, 4.69) is 31.3 Å². The second kappa shape index (κ2) is 52.5. The van der Waals surface area contributed by atoms with E-state index in [0.29, 0.717) is 19.3 Å².